The number of hydrogen-bond acceptors (Lipinski definition) is 3. The van der Waals surface area contributed by atoms with Crippen molar-refractivity contribution < 1.29 is 14.6 Å². The molecule has 0 aromatic heterocycles. The Kier molecular flexibility index (Phi) is 4.46. The number of ether oxygens (including phenoxy) is 1. The summed E-state index contributed by atoms with van der Waals surface area (Å²) in [7, 11) is 1.28. The molecule has 3 heteroatoms. The van der Waals surface area contributed by atoms with Gasteiger partial charge in [-0.3, -0.25) is 0 Å². The molecule has 2 atom stereocenters. The number of carbonyl (C=O) groups excluding carboxylic acids is 1. The van der Waals surface area contributed by atoms with E-state index in [0.717, 1.165) is 0 Å². The molecule has 0 radical (unpaired) electrons. The smallest absolute Gasteiger partial charge is 0.343 e. The lowest BCUT2D eigenvalue weighted by Crippen LogP contribution is -2.42. The summed E-state index contributed by atoms with van der Waals surface area (Å²) in [4.78, 5) is 11.8. The van der Waals surface area contributed by atoms with E-state index in [0.29, 0.717) is 5.56 Å². The monoisotopic (exact) mass is 234 g/mol. The van der Waals surface area contributed by atoms with Crippen LogP contribution < -0.4 is 0 Å². The van der Waals surface area contributed by atoms with Gasteiger partial charge in [0, 0.05) is 5.92 Å². The van der Waals surface area contributed by atoms with Crippen molar-refractivity contribution in [2.45, 2.75) is 19.4 Å². The van der Waals surface area contributed by atoms with Crippen LogP contribution in [-0.2, 0) is 15.1 Å². The highest BCUT2D eigenvalue weighted by Gasteiger charge is 2.43. The first-order chi connectivity index (χ1) is 8.07. The quantitative estimate of drug-likeness (QED) is 0.642. The first kappa shape index (κ1) is 13.5. The van der Waals surface area contributed by atoms with Gasteiger partial charge in [0.25, 0.3) is 0 Å². The molecule has 1 aromatic carbocycles. The molecule has 0 saturated heterocycles. The summed E-state index contributed by atoms with van der Waals surface area (Å²) in [5, 5.41) is 10.6. The largest absolute Gasteiger partial charge is 0.467 e. The number of hydrogen-bond donors (Lipinski definition) is 1. The fourth-order valence-corrected chi connectivity index (χ4v) is 1.84. The van der Waals surface area contributed by atoms with Gasteiger partial charge in [-0.15, -0.1) is 0 Å². The van der Waals surface area contributed by atoms with Crippen molar-refractivity contribution in [1.29, 1.82) is 0 Å². The van der Waals surface area contributed by atoms with Crippen LogP contribution >= 0.6 is 0 Å². The molecular weight excluding hydrogens is 216 g/mol. The lowest BCUT2D eigenvalue weighted by molar-refractivity contribution is -0.167. The van der Waals surface area contributed by atoms with Gasteiger partial charge in [0.1, 0.15) is 0 Å². The van der Waals surface area contributed by atoms with Crippen molar-refractivity contribution >= 4 is 5.97 Å². The normalized spacial score (nSPS) is 16.5. The molecular formula is C14H18O3. The Morgan fingerprint density at radius 1 is 1.41 bits per heavy atom. The Balaban J connectivity index is 3.24. The molecule has 92 valence electrons. The van der Waals surface area contributed by atoms with Gasteiger partial charge in [-0.2, -0.15) is 0 Å². The summed E-state index contributed by atoms with van der Waals surface area (Å²) in [6, 6.07) is 8.84. The fraction of sp³-hybridized carbons (Fsp3) is 0.357. The Morgan fingerprint density at radius 3 is 2.47 bits per heavy atom. The summed E-state index contributed by atoms with van der Waals surface area (Å²) >= 11 is 0. The summed E-state index contributed by atoms with van der Waals surface area (Å²) in [5.41, 5.74) is -1.10. The number of methoxy groups -OCH3 is 1. The van der Waals surface area contributed by atoms with Gasteiger partial charge < -0.3 is 9.84 Å². The highest BCUT2D eigenvalue weighted by atomic mass is 16.5. The van der Waals surface area contributed by atoms with E-state index in [1.54, 1.807) is 37.3 Å². The van der Waals surface area contributed by atoms with E-state index in [2.05, 4.69) is 0 Å². The Labute approximate surface area is 102 Å². The van der Waals surface area contributed by atoms with Crippen LogP contribution in [0, 0.1) is 5.92 Å². The van der Waals surface area contributed by atoms with Crippen molar-refractivity contribution in [3.63, 3.8) is 0 Å². The molecule has 0 aliphatic heterocycles. The molecule has 1 aromatic rings. The standard InChI is InChI=1S/C14H18O3/c1-4-8-11(2)14(16,13(15)17-3)12-9-6-5-7-10-12/h4-11,16H,1-3H3/b8-4+/t11-,14+/m1/s1. The fourth-order valence-electron chi connectivity index (χ4n) is 1.84. The number of aliphatic hydroxyl groups is 1. The summed E-state index contributed by atoms with van der Waals surface area (Å²) < 4.78 is 4.71. The van der Waals surface area contributed by atoms with Crippen LogP contribution in [0.1, 0.15) is 19.4 Å². The van der Waals surface area contributed by atoms with Crippen molar-refractivity contribution in [3.05, 3.63) is 48.0 Å². The van der Waals surface area contributed by atoms with Gasteiger partial charge in [-0.1, -0.05) is 49.4 Å². The average Bonchev–Trinajstić information content (AvgIpc) is 2.38. The highest BCUT2D eigenvalue weighted by Crippen LogP contribution is 2.31. The second kappa shape index (κ2) is 5.64. The second-order valence-electron chi connectivity index (χ2n) is 3.94. The van der Waals surface area contributed by atoms with Gasteiger partial charge in [-0.25, -0.2) is 4.79 Å². The van der Waals surface area contributed by atoms with Crippen LogP contribution in [-0.4, -0.2) is 18.2 Å². The van der Waals surface area contributed by atoms with E-state index in [1.165, 1.54) is 7.11 Å². The molecule has 1 rings (SSSR count). The van der Waals surface area contributed by atoms with Crippen LogP contribution in [0.4, 0.5) is 0 Å². The zero-order valence-electron chi connectivity index (χ0n) is 10.4. The Bertz CT molecular complexity index is 397. The second-order valence-corrected chi connectivity index (χ2v) is 3.94. The molecule has 0 unspecified atom stereocenters. The van der Waals surface area contributed by atoms with E-state index >= 15 is 0 Å². The Hall–Kier alpha value is -1.61. The highest BCUT2D eigenvalue weighted by molar-refractivity contribution is 5.81. The van der Waals surface area contributed by atoms with E-state index in [4.69, 9.17) is 4.74 Å². The van der Waals surface area contributed by atoms with Gasteiger partial charge in [0.15, 0.2) is 5.60 Å². The minimum atomic E-state index is -1.64. The van der Waals surface area contributed by atoms with Gasteiger partial charge >= 0.3 is 5.97 Å². The zero-order valence-corrected chi connectivity index (χ0v) is 10.4. The van der Waals surface area contributed by atoms with Gasteiger partial charge in [0.05, 0.1) is 7.11 Å². The number of carbonyl (C=O) groups is 1. The number of esters is 1. The van der Waals surface area contributed by atoms with Crippen molar-refractivity contribution in [1.82, 2.24) is 0 Å². The Morgan fingerprint density at radius 2 is 2.00 bits per heavy atom. The number of allylic oxidation sites excluding steroid dienone is 1. The maximum absolute atomic E-state index is 11.8. The van der Waals surface area contributed by atoms with Crippen molar-refractivity contribution in [2.75, 3.05) is 7.11 Å². The third kappa shape index (κ3) is 2.56. The van der Waals surface area contributed by atoms with E-state index in [-0.39, 0.29) is 5.92 Å². The third-order valence-corrected chi connectivity index (χ3v) is 2.85. The topological polar surface area (TPSA) is 46.5 Å². The van der Waals surface area contributed by atoms with Crippen LogP contribution in [0.3, 0.4) is 0 Å². The molecule has 0 bridgehead atoms. The predicted molar refractivity (Wildman–Crippen MR) is 66.3 cm³/mol. The van der Waals surface area contributed by atoms with Crippen LogP contribution in [0.5, 0.6) is 0 Å². The maximum Gasteiger partial charge on any atom is 0.343 e. The molecule has 0 aliphatic carbocycles. The van der Waals surface area contributed by atoms with Crippen molar-refractivity contribution in [3.8, 4) is 0 Å². The molecule has 0 aliphatic rings. The van der Waals surface area contributed by atoms with Gasteiger partial charge in [-0.05, 0) is 12.5 Å². The molecule has 17 heavy (non-hydrogen) atoms. The van der Waals surface area contributed by atoms with Crippen LogP contribution in [0.2, 0.25) is 0 Å². The molecule has 0 fully saturated rings. The summed E-state index contributed by atoms with van der Waals surface area (Å²) in [6.07, 6.45) is 3.59. The van der Waals surface area contributed by atoms with Crippen molar-refractivity contribution in [2.24, 2.45) is 5.92 Å². The predicted octanol–water partition coefficient (Wildman–Crippen LogP) is 2.26. The lowest BCUT2D eigenvalue weighted by atomic mass is 9.82. The average molecular weight is 234 g/mol. The molecule has 0 heterocycles. The molecule has 0 saturated carbocycles. The minimum absolute atomic E-state index is 0.359. The SMILES string of the molecule is C/C=C/[C@@H](C)[C@@](O)(C(=O)OC)c1ccccc1. The van der Waals surface area contributed by atoms with E-state index in [9.17, 15) is 9.90 Å². The zero-order chi connectivity index (χ0) is 12.9. The van der Waals surface area contributed by atoms with Crippen LogP contribution in [0.15, 0.2) is 42.5 Å². The van der Waals surface area contributed by atoms with Crippen LogP contribution in [0.25, 0.3) is 0 Å². The third-order valence-electron chi connectivity index (χ3n) is 2.85. The maximum atomic E-state index is 11.8. The summed E-state index contributed by atoms with van der Waals surface area (Å²) in [5.74, 6) is -1.00. The van der Waals surface area contributed by atoms with E-state index < -0.39 is 11.6 Å². The lowest BCUT2D eigenvalue weighted by Gasteiger charge is -2.30. The molecule has 1 N–H and O–H groups in total. The first-order valence-corrected chi connectivity index (χ1v) is 5.56. The molecule has 3 nitrogen and oxygen atoms in total. The van der Waals surface area contributed by atoms with Gasteiger partial charge in [0.2, 0.25) is 0 Å². The number of rotatable bonds is 4. The molecule has 0 amide bonds. The summed E-state index contributed by atoms with van der Waals surface area (Å²) in [6.45, 7) is 3.63. The first-order valence-electron chi connectivity index (χ1n) is 5.56. The molecule has 0 spiro atoms. The minimum Gasteiger partial charge on any atom is -0.467 e. The number of benzene rings is 1. The van der Waals surface area contributed by atoms with E-state index in [1.807, 2.05) is 19.1 Å².